The molecule has 0 atom stereocenters. The highest BCUT2D eigenvalue weighted by Gasteiger charge is 2.10. The van der Waals surface area contributed by atoms with Crippen LogP contribution in [0.25, 0.3) is 11.4 Å². The number of nitrogens with one attached hydrogen (secondary N) is 2. The number of aromatic nitrogens is 4. The van der Waals surface area contributed by atoms with Crippen molar-refractivity contribution >= 4 is 17.7 Å². The Morgan fingerprint density at radius 3 is 2.41 bits per heavy atom. The van der Waals surface area contributed by atoms with Gasteiger partial charge >= 0.3 is 0 Å². The molecule has 2 aromatic heterocycles. The molecule has 0 amide bonds. The van der Waals surface area contributed by atoms with Crippen LogP contribution >= 0.6 is 0 Å². The maximum Gasteiger partial charge on any atom is 0.233 e. The molecule has 0 spiro atoms. The van der Waals surface area contributed by atoms with E-state index in [4.69, 9.17) is 4.52 Å². The van der Waals surface area contributed by atoms with Gasteiger partial charge in [-0.25, -0.2) is 0 Å². The van der Waals surface area contributed by atoms with Crippen LogP contribution in [-0.2, 0) is 0 Å². The summed E-state index contributed by atoms with van der Waals surface area (Å²) in [5.41, 5.74) is 0.917. The average Bonchev–Trinajstić information content (AvgIpc) is 3.00. The molecule has 0 saturated heterocycles. The minimum Gasteiger partial charge on any atom is -0.363 e. The van der Waals surface area contributed by atoms with Crippen LogP contribution in [-0.4, -0.2) is 26.2 Å². The quantitative estimate of drug-likeness (QED) is 0.747. The summed E-state index contributed by atoms with van der Waals surface area (Å²) in [6.45, 7) is 4.05. The van der Waals surface area contributed by atoms with Crippen molar-refractivity contribution in [2.45, 2.75) is 19.9 Å². The fraction of sp³-hybridized carbons (Fsp3) is 0.200. The highest BCUT2D eigenvalue weighted by Crippen LogP contribution is 2.19. The third-order valence-electron chi connectivity index (χ3n) is 2.76. The summed E-state index contributed by atoms with van der Waals surface area (Å²) >= 11 is 0. The Balaban J connectivity index is 1.98. The predicted octanol–water partition coefficient (Wildman–Crippen LogP) is 3.09. The zero-order valence-electron chi connectivity index (χ0n) is 12.3. The monoisotopic (exact) mass is 296 g/mol. The van der Waals surface area contributed by atoms with Gasteiger partial charge in [0, 0.05) is 17.7 Å². The van der Waals surface area contributed by atoms with Crippen LogP contribution in [0, 0.1) is 0 Å². The first-order valence-corrected chi connectivity index (χ1v) is 6.96. The normalized spacial score (nSPS) is 10.7. The van der Waals surface area contributed by atoms with Crippen molar-refractivity contribution in [3.05, 3.63) is 42.7 Å². The van der Waals surface area contributed by atoms with Crippen LogP contribution in [0.5, 0.6) is 0 Å². The largest absolute Gasteiger partial charge is 0.363 e. The van der Waals surface area contributed by atoms with E-state index < -0.39 is 0 Å². The molecule has 7 nitrogen and oxygen atoms in total. The summed E-state index contributed by atoms with van der Waals surface area (Å²) in [4.78, 5) is 13.2. The SMILES string of the molecule is CC(C)Nc1nc(Nc2ccon2)nc(-c2ccccc2)n1. The van der Waals surface area contributed by atoms with Gasteiger partial charge in [-0.3, -0.25) is 0 Å². The highest BCUT2D eigenvalue weighted by atomic mass is 16.5. The number of hydrogen-bond donors (Lipinski definition) is 2. The van der Waals surface area contributed by atoms with E-state index in [2.05, 4.69) is 30.7 Å². The Bertz CT molecular complexity index is 727. The predicted molar refractivity (Wildman–Crippen MR) is 83.8 cm³/mol. The van der Waals surface area contributed by atoms with Crippen molar-refractivity contribution < 1.29 is 4.52 Å². The van der Waals surface area contributed by atoms with E-state index in [0.717, 1.165) is 5.56 Å². The Morgan fingerprint density at radius 1 is 0.955 bits per heavy atom. The van der Waals surface area contributed by atoms with Crippen molar-refractivity contribution in [1.82, 2.24) is 20.1 Å². The molecule has 0 aliphatic carbocycles. The van der Waals surface area contributed by atoms with Crippen molar-refractivity contribution in [1.29, 1.82) is 0 Å². The van der Waals surface area contributed by atoms with Gasteiger partial charge in [-0.1, -0.05) is 35.5 Å². The summed E-state index contributed by atoms with van der Waals surface area (Å²) in [5, 5.41) is 9.99. The molecule has 22 heavy (non-hydrogen) atoms. The van der Waals surface area contributed by atoms with Crippen LogP contribution in [0.3, 0.4) is 0 Å². The Morgan fingerprint density at radius 2 is 1.73 bits per heavy atom. The van der Waals surface area contributed by atoms with Crippen LogP contribution in [0.1, 0.15) is 13.8 Å². The molecular weight excluding hydrogens is 280 g/mol. The summed E-state index contributed by atoms with van der Waals surface area (Å²) in [6, 6.07) is 11.7. The molecule has 0 aliphatic heterocycles. The molecule has 3 rings (SSSR count). The van der Waals surface area contributed by atoms with Gasteiger partial charge in [0.05, 0.1) is 0 Å². The molecule has 3 aromatic rings. The van der Waals surface area contributed by atoms with Gasteiger partial charge in [-0.2, -0.15) is 15.0 Å². The summed E-state index contributed by atoms with van der Waals surface area (Å²) in [5.74, 6) is 2.05. The zero-order chi connectivity index (χ0) is 15.4. The van der Waals surface area contributed by atoms with E-state index in [0.29, 0.717) is 23.5 Å². The van der Waals surface area contributed by atoms with E-state index in [1.807, 2.05) is 44.2 Å². The van der Waals surface area contributed by atoms with Gasteiger partial charge in [0.2, 0.25) is 11.9 Å². The second-order valence-corrected chi connectivity index (χ2v) is 4.98. The molecule has 0 unspecified atom stereocenters. The molecule has 1 aromatic carbocycles. The summed E-state index contributed by atoms with van der Waals surface area (Å²) in [6.07, 6.45) is 1.48. The first kappa shape index (κ1) is 14.0. The van der Waals surface area contributed by atoms with Gasteiger partial charge < -0.3 is 15.2 Å². The second-order valence-electron chi connectivity index (χ2n) is 4.98. The van der Waals surface area contributed by atoms with Crippen LogP contribution < -0.4 is 10.6 Å². The molecule has 7 heteroatoms. The Hall–Kier alpha value is -2.96. The molecule has 0 saturated carbocycles. The molecule has 2 heterocycles. The van der Waals surface area contributed by atoms with Crippen LogP contribution in [0.2, 0.25) is 0 Å². The maximum atomic E-state index is 4.80. The first-order chi connectivity index (χ1) is 10.7. The van der Waals surface area contributed by atoms with Gasteiger partial charge in [0.15, 0.2) is 11.6 Å². The molecule has 0 radical (unpaired) electrons. The molecule has 0 fully saturated rings. The number of benzene rings is 1. The van der Waals surface area contributed by atoms with E-state index in [-0.39, 0.29) is 6.04 Å². The number of anilines is 3. The second kappa shape index (κ2) is 6.21. The Labute approximate surface area is 127 Å². The molecular formula is C15H16N6O. The van der Waals surface area contributed by atoms with Gasteiger partial charge in [0.1, 0.15) is 6.26 Å². The van der Waals surface area contributed by atoms with Crippen molar-refractivity contribution in [2.75, 3.05) is 10.6 Å². The number of nitrogens with zero attached hydrogens (tertiary/aromatic N) is 4. The lowest BCUT2D eigenvalue weighted by atomic mass is 10.2. The van der Waals surface area contributed by atoms with Gasteiger partial charge in [-0.05, 0) is 13.8 Å². The van der Waals surface area contributed by atoms with Gasteiger partial charge in [-0.15, -0.1) is 0 Å². The summed E-state index contributed by atoms with van der Waals surface area (Å²) in [7, 11) is 0. The number of hydrogen-bond acceptors (Lipinski definition) is 7. The fourth-order valence-electron chi connectivity index (χ4n) is 1.86. The standard InChI is InChI=1S/C15H16N6O/c1-10(2)16-14-18-13(11-6-4-3-5-7-11)19-15(20-14)17-12-8-9-22-21-12/h3-10H,1-2H3,(H2,16,17,18,19,20,21). The van der Waals surface area contributed by atoms with Crippen molar-refractivity contribution in [3.8, 4) is 11.4 Å². The van der Waals surface area contributed by atoms with E-state index >= 15 is 0 Å². The zero-order valence-corrected chi connectivity index (χ0v) is 12.3. The molecule has 112 valence electrons. The molecule has 0 bridgehead atoms. The Kier molecular flexibility index (Phi) is 3.95. The van der Waals surface area contributed by atoms with E-state index in [1.54, 1.807) is 6.07 Å². The minimum absolute atomic E-state index is 0.214. The highest BCUT2D eigenvalue weighted by molar-refractivity contribution is 5.59. The molecule has 0 aliphatic rings. The lowest BCUT2D eigenvalue weighted by molar-refractivity contribution is 0.423. The topological polar surface area (TPSA) is 88.8 Å². The van der Waals surface area contributed by atoms with Crippen molar-refractivity contribution in [3.63, 3.8) is 0 Å². The lowest BCUT2D eigenvalue weighted by Gasteiger charge is -2.11. The van der Waals surface area contributed by atoms with Crippen LogP contribution in [0.4, 0.5) is 17.7 Å². The van der Waals surface area contributed by atoms with E-state index in [9.17, 15) is 0 Å². The van der Waals surface area contributed by atoms with Crippen molar-refractivity contribution in [2.24, 2.45) is 0 Å². The fourth-order valence-corrected chi connectivity index (χ4v) is 1.86. The third-order valence-corrected chi connectivity index (χ3v) is 2.76. The van der Waals surface area contributed by atoms with E-state index in [1.165, 1.54) is 6.26 Å². The summed E-state index contributed by atoms with van der Waals surface area (Å²) < 4.78 is 4.80. The molecule has 2 N–H and O–H groups in total. The smallest absolute Gasteiger partial charge is 0.233 e. The van der Waals surface area contributed by atoms with Gasteiger partial charge in [0.25, 0.3) is 0 Å². The first-order valence-electron chi connectivity index (χ1n) is 6.96. The maximum absolute atomic E-state index is 4.80. The lowest BCUT2D eigenvalue weighted by Crippen LogP contribution is -2.14. The third kappa shape index (κ3) is 3.38. The van der Waals surface area contributed by atoms with Crippen LogP contribution in [0.15, 0.2) is 47.2 Å². The minimum atomic E-state index is 0.214. The number of rotatable bonds is 5. The average molecular weight is 296 g/mol.